The first-order valence-electron chi connectivity index (χ1n) is 19.9. The molecule has 0 fully saturated rings. The van der Waals surface area contributed by atoms with Gasteiger partial charge in [-0.1, -0.05) is 103 Å². The Labute approximate surface area is 347 Å². The third-order valence-electron chi connectivity index (χ3n) is 8.76. The first-order chi connectivity index (χ1) is 27.6. The Balaban J connectivity index is 1.75. The molecule has 14 heteroatoms. The molecule has 0 aliphatic carbocycles. The van der Waals surface area contributed by atoms with Crippen molar-refractivity contribution in [3.63, 3.8) is 0 Å². The number of aromatic nitrogens is 2. The molecule has 0 saturated heterocycles. The Kier molecular flexibility index (Phi) is 15.0. The number of urea groups is 1. The quantitative estimate of drug-likeness (QED) is 0.0683. The number of carbonyl (C=O) groups excluding carboxylic acids is 4. The number of alkyl carbamates (subject to hydrolysis) is 1. The van der Waals surface area contributed by atoms with Gasteiger partial charge < -0.3 is 40.0 Å². The first-order valence-corrected chi connectivity index (χ1v) is 19.9. The van der Waals surface area contributed by atoms with E-state index in [2.05, 4.69) is 31.4 Å². The Morgan fingerprint density at radius 2 is 1.15 bits per heavy atom. The van der Waals surface area contributed by atoms with Gasteiger partial charge in [0, 0.05) is 0 Å². The summed E-state index contributed by atoms with van der Waals surface area (Å²) in [6.45, 7) is 19.4. The Morgan fingerprint density at radius 1 is 0.661 bits per heavy atom. The number of esters is 1. The van der Waals surface area contributed by atoms with Gasteiger partial charge in [0.1, 0.15) is 28.8 Å². The van der Waals surface area contributed by atoms with E-state index in [9.17, 15) is 19.2 Å². The minimum atomic E-state index is -1.24. The van der Waals surface area contributed by atoms with Gasteiger partial charge in [0.05, 0.1) is 18.1 Å². The third kappa shape index (κ3) is 13.4. The lowest BCUT2D eigenvalue weighted by Gasteiger charge is -2.37. The van der Waals surface area contributed by atoms with Crippen LogP contribution in [0, 0.1) is 0 Å². The molecule has 4 N–H and O–H groups in total. The van der Waals surface area contributed by atoms with Crippen molar-refractivity contribution in [2.75, 3.05) is 0 Å². The van der Waals surface area contributed by atoms with E-state index in [-0.39, 0.29) is 18.1 Å². The van der Waals surface area contributed by atoms with Gasteiger partial charge in [-0.3, -0.25) is 4.79 Å². The number of benzene rings is 3. The number of hydrogen-bond donors (Lipinski definition) is 4. The molecule has 1 aromatic heterocycles. The molecule has 59 heavy (non-hydrogen) atoms. The van der Waals surface area contributed by atoms with Crippen molar-refractivity contribution in [1.29, 1.82) is 0 Å². The predicted molar refractivity (Wildman–Crippen MR) is 223 cm³/mol. The molecule has 0 bridgehead atoms. The van der Waals surface area contributed by atoms with Crippen LogP contribution in [0.15, 0.2) is 95.5 Å². The maximum atomic E-state index is 14.6. The fraction of sp³-hybridized carbons (Fsp3) is 0.467. The summed E-state index contributed by atoms with van der Waals surface area (Å²) in [5.41, 5.74) is -1.05. The topological polar surface area (TPSA) is 183 Å². The fourth-order valence-electron chi connectivity index (χ4n) is 6.45. The van der Waals surface area contributed by atoms with Gasteiger partial charge in [-0.2, -0.15) is 4.98 Å². The monoisotopic (exact) mass is 812 g/mol. The molecule has 3 aromatic carbocycles. The summed E-state index contributed by atoms with van der Waals surface area (Å²) in [6.07, 6.45) is -1.52. The number of nitrogens with one attached hydrogen (secondary N) is 4. The van der Waals surface area contributed by atoms with Crippen molar-refractivity contribution in [2.24, 2.45) is 0 Å². The molecule has 1 unspecified atom stereocenters. The first kappa shape index (κ1) is 45.9. The van der Waals surface area contributed by atoms with E-state index >= 15 is 0 Å². The predicted octanol–water partition coefficient (Wildman–Crippen LogP) is 7.80. The Bertz CT molecular complexity index is 1890. The maximum Gasteiger partial charge on any atom is 0.408 e. The number of ether oxygens (including phenoxy) is 3. The molecule has 0 saturated carbocycles. The van der Waals surface area contributed by atoms with E-state index in [0.717, 1.165) is 16.7 Å². The van der Waals surface area contributed by atoms with E-state index in [1.165, 1.54) is 0 Å². The van der Waals surface area contributed by atoms with Crippen molar-refractivity contribution in [2.45, 2.75) is 136 Å². The largest absolute Gasteiger partial charge is 0.458 e. The van der Waals surface area contributed by atoms with Gasteiger partial charge in [0.25, 0.3) is 0 Å². The summed E-state index contributed by atoms with van der Waals surface area (Å²) in [5.74, 6) is -1.21. The zero-order valence-corrected chi connectivity index (χ0v) is 36.0. The second kappa shape index (κ2) is 19.3. The molecule has 0 aliphatic rings. The van der Waals surface area contributed by atoms with E-state index in [0.29, 0.717) is 6.42 Å². The van der Waals surface area contributed by atoms with Gasteiger partial charge in [-0.15, -0.1) is 0 Å². The summed E-state index contributed by atoms with van der Waals surface area (Å²) in [6, 6.07) is 24.7. The Morgan fingerprint density at radius 3 is 1.59 bits per heavy atom. The highest BCUT2D eigenvalue weighted by atomic mass is 16.6. The van der Waals surface area contributed by atoms with Crippen LogP contribution in [0.4, 0.5) is 9.59 Å². The normalized spacial score (nSPS) is 14.2. The number of carbonyl (C=O) groups is 4. The Hall–Kier alpha value is -5.76. The fourth-order valence-corrected chi connectivity index (χ4v) is 6.45. The van der Waals surface area contributed by atoms with Crippen LogP contribution >= 0.6 is 0 Å². The summed E-state index contributed by atoms with van der Waals surface area (Å²) in [4.78, 5) is 59.4. The van der Waals surface area contributed by atoms with Gasteiger partial charge in [-0.05, 0) is 92.3 Å². The van der Waals surface area contributed by atoms with Crippen LogP contribution in [0.2, 0.25) is 0 Å². The van der Waals surface area contributed by atoms with Crippen LogP contribution in [0.25, 0.3) is 0 Å². The summed E-state index contributed by atoms with van der Waals surface area (Å²) in [7, 11) is 0. The molecule has 0 radical (unpaired) electrons. The van der Waals surface area contributed by atoms with E-state index in [4.69, 9.17) is 18.7 Å². The molecule has 1 heterocycles. The lowest BCUT2D eigenvalue weighted by Crippen LogP contribution is -2.55. The smallest absolute Gasteiger partial charge is 0.408 e. The molecule has 14 nitrogen and oxygen atoms in total. The minimum absolute atomic E-state index is 0.0343. The van der Waals surface area contributed by atoms with E-state index in [1.807, 2.05) is 119 Å². The van der Waals surface area contributed by atoms with Crippen molar-refractivity contribution >= 4 is 24.0 Å². The van der Waals surface area contributed by atoms with Crippen LogP contribution in [0.3, 0.4) is 0 Å². The molecule has 4 atom stereocenters. The van der Waals surface area contributed by atoms with Gasteiger partial charge >= 0.3 is 18.1 Å². The average Bonchev–Trinajstić information content (AvgIpc) is 3.64. The zero-order chi connectivity index (χ0) is 43.6. The number of hydrogen-bond acceptors (Lipinski definition) is 10. The molecular weight excluding hydrogens is 753 g/mol. The second-order valence-electron chi connectivity index (χ2n) is 17.3. The van der Waals surface area contributed by atoms with Gasteiger partial charge in [-0.25, -0.2) is 14.4 Å². The molecule has 318 valence electrons. The van der Waals surface area contributed by atoms with Crippen LogP contribution in [0.1, 0.15) is 129 Å². The van der Waals surface area contributed by atoms with Crippen molar-refractivity contribution in [3.05, 3.63) is 119 Å². The summed E-state index contributed by atoms with van der Waals surface area (Å²) < 4.78 is 22.8. The molecular formula is C45H60N6O8. The van der Waals surface area contributed by atoms with Gasteiger partial charge in [0.2, 0.25) is 11.8 Å². The number of nitrogens with zero attached hydrogens (tertiary/aromatic N) is 2. The third-order valence-corrected chi connectivity index (χ3v) is 8.76. The van der Waals surface area contributed by atoms with Gasteiger partial charge in [0.15, 0.2) is 11.9 Å². The number of rotatable bonds is 15. The zero-order valence-electron chi connectivity index (χ0n) is 36.0. The van der Waals surface area contributed by atoms with Crippen molar-refractivity contribution in [3.8, 4) is 0 Å². The highest BCUT2D eigenvalue weighted by Gasteiger charge is 2.40. The van der Waals surface area contributed by atoms with E-state index in [1.54, 1.807) is 48.5 Å². The maximum absolute atomic E-state index is 14.6. The van der Waals surface area contributed by atoms with Crippen LogP contribution in [-0.2, 0) is 29.3 Å². The molecule has 0 spiro atoms. The summed E-state index contributed by atoms with van der Waals surface area (Å²) >= 11 is 0. The van der Waals surface area contributed by atoms with Crippen LogP contribution in [-0.4, -0.2) is 63.1 Å². The molecule has 4 aromatic rings. The number of amides is 4. The van der Waals surface area contributed by atoms with Crippen molar-refractivity contribution in [1.82, 2.24) is 31.4 Å². The lowest BCUT2D eigenvalue weighted by molar-refractivity contribution is -0.164. The standard InChI is InChI=1S/C45H60N6O8/c1-12-33(47-41(55)58-44(9,10)11)38-49-37(51-59-38)34(46-40(54)48-36(29(2)56-42(3,4)5)39(53)57-43(6,7)8)28-35(52)50-45(30-22-16-13-17-23-30,31-24-18-14-19-25-31)32-26-20-15-21-27-32/h13-27,29,33-34,36H,12,28H2,1-11H3,(H,47,55)(H,50,52)(H2,46,48,54)/t29?,33-,34-,36-/m0/s1. The average molecular weight is 813 g/mol. The molecule has 4 amide bonds. The summed E-state index contributed by atoms with van der Waals surface area (Å²) in [5, 5.41) is 15.7. The lowest BCUT2D eigenvalue weighted by atomic mass is 9.77. The molecule has 4 rings (SSSR count). The highest BCUT2D eigenvalue weighted by Crippen LogP contribution is 2.37. The highest BCUT2D eigenvalue weighted by molar-refractivity contribution is 5.85. The second-order valence-corrected chi connectivity index (χ2v) is 17.3. The van der Waals surface area contributed by atoms with E-state index < -0.39 is 70.6 Å². The molecule has 0 aliphatic heterocycles. The van der Waals surface area contributed by atoms with Crippen molar-refractivity contribution < 1.29 is 37.9 Å². The van der Waals surface area contributed by atoms with Crippen LogP contribution in [0.5, 0.6) is 0 Å². The van der Waals surface area contributed by atoms with Crippen LogP contribution < -0.4 is 21.3 Å². The SMILES string of the molecule is CC[C@H](NC(=O)OC(C)(C)C)c1nc([C@H](CC(=O)NC(c2ccccc2)(c2ccccc2)c2ccccc2)NC(=O)N[C@H](C(=O)OC(C)(C)C)C(C)OC(C)(C)C)no1. The minimum Gasteiger partial charge on any atom is -0.458 e.